The summed E-state index contributed by atoms with van der Waals surface area (Å²) in [5, 5.41) is 0. The Kier molecular flexibility index (Phi) is 5.95. The number of nitrogens with zero attached hydrogens (tertiary/aromatic N) is 2. The minimum atomic E-state index is -3.94. The second kappa shape index (κ2) is 8.81. The average molecular weight is 437 g/mol. The summed E-state index contributed by atoms with van der Waals surface area (Å²) in [5.41, 5.74) is 2.35. The normalized spacial score (nSPS) is 13.0. The number of benzene rings is 3. The molecule has 0 unspecified atom stereocenters. The molecule has 0 saturated carbocycles. The lowest BCUT2D eigenvalue weighted by molar-refractivity contribution is -0.117. The fourth-order valence-corrected chi connectivity index (χ4v) is 5.15. The first-order chi connectivity index (χ1) is 15.0. The molecule has 160 valence electrons. The number of fused-ring (bicyclic) bond motifs is 1. The van der Waals surface area contributed by atoms with Crippen LogP contribution in [0.15, 0.2) is 83.8 Å². The van der Waals surface area contributed by atoms with Crippen LogP contribution in [0, 0.1) is 0 Å². The summed E-state index contributed by atoms with van der Waals surface area (Å²) < 4.78 is 33.6. The van der Waals surface area contributed by atoms with E-state index in [0.717, 1.165) is 17.7 Å². The molecule has 1 aliphatic heterocycles. The Hall–Kier alpha value is -3.32. The van der Waals surface area contributed by atoms with E-state index in [1.54, 1.807) is 47.4 Å². The van der Waals surface area contributed by atoms with Gasteiger partial charge >= 0.3 is 0 Å². The van der Waals surface area contributed by atoms with Crippen molar-refractivity contribution in [2.24, 2.45) is 0 Å². The molecule has 0 aliphatic carbocycles. The first kappa shape index (κ1) is 20.9. The van der Waals surface area contributed by atoms with E-state index in [0.29, 0.717) is 24.6 Å². The third-order valence-corrected chi connectivity index (χ3v) is 7.02. The van der Waals surface area contributed by atoms with Crippen molar-refractivity contribution in [2.45, 2.75) is 18.2 Å². The molecule has 0 N–H and O–H groups in total. The highest BCUT2D eigenvalue weighted by molar-refractivity contribution is 7.92. The van der Waals surface area contributed by atoms with E-state index in [2.05, 4.69) is 0 Å². The second-order valence-electron chi connectivity index (χ2n) is 7.18. The summed E-state index contributed by atoms with van der Waals surface area (Å²) in [6.07, 6.45) is 0.760. The largest absolute Gasteiger partial charge is 0.494 e. The van der Waals surface area contributed by atoms with Gasteiger partial charge in [-0.05, 0) is 61.4 Å². The lowest BCUT2D eigenvalue weighted by Gasteiger charge is -2.27. The van der Waals surface area contributed by atoms with Gasteiger partial charge in [0, 0.05) is 12.2 Å². The van der Waals surface area contributed by atoms with Crippen molar-refractivity contribution in [3.63, 3.8) is 0 Å². The van der Waals surface area contributed by atoms with Crippen LogP contribution in [0.5, 0.6) is 5.75 Å². The van der Waals surface area contributed by atoms with E-state index in [4.69, 9.17) is 4.74 Å². The van der Waals surface area contributed by atoms with Crippen molar-refractivity contribution in [3.05, 3.63) is 84.4 Å². The number of anilines is 2. The maximum absolute atomic E-state index is 13.5. The fraction of sp³-hybridized carbons (Fsp3) is 0.208. The van der Waals surface area contributed by atoms with E-state index >= 15 is 0 Å². The lowest BCUT2D eigenvalue weighted by atomic mass is 10.2. The molecule has 7 heteroatoms. The first-order valence-corrected chi connectivity index (χ1v) is 11.6. The Labute approximate surface area is 182 Å². The number of amides is 1. The molecule has 0 bridgehead atoms. The van der Waals surface area contributed by atoms with Crippen molar-refractivity contribution in [1.82, 2.24) is 0 Å². The van der Waals surface area contributed by atoms with Crippen molar-refractivity contribution < 1.29 is 17.9 Å². The van der Waals surface area contributed by atoms with Gasteiger partial charge in [0.25, 0.3) is 10.0 Å². The molecule has 0 spiro atoms. The minimum Gasteiger partial charge on any atom is -0.494 e. The van der Waals surface area contributed by atoms with Gasteiger partial charge in [-0.25, -0.2) is 8.42 Å². The zero-order valence-corrected chi connectivity index (χ0v) is 18.1. The van der Waals surface area contributed by atoms with Crippen LogP contribution in [0.1, 0.15) is 12.5 Å². The number of carbonyl (C=O) groups excluding carboxylic acids is 1. The van der Waals surface area contributed by atoms with Crippen LogP contribution in [0.25, 0.3) is 0 Å². The minimum absolute atomic E-state index is 0.138. The summed E-state index contributed by atoms with van der Waals surface area (Å²) in [5.74, 6) is 0.376. The van der Waals surface area contributed by atoms with Crippen molar-refractivity contribution in [2.75, 3.05) is 28.9 Å². The first-order valence-electron chi connectivity index (χ1n) is 10.2. The predicted molar refractivity (Wildman–Crippen MR) is 121 cm³/mol. The molecule has 1 aliphatic rings. The summed E-state index contributed by atoms with van der Waals surface area (Å²) in [4.78, 5) is 15.0. The molecule has 0 saturated heterocycles. The highest BCUT2D eigenvalue weighted by Crippen LogP contribution is 2.30. The summed E-state index contributed by atoms with van der Waals surface area (Å²) in [6.45, 7) is 2.64. The van der Waals surface area contributed by atoms with Crippen LogP contribution in [-0.4, -0.2) is 34.0 Å². The smallest absolute Gasteiger partial charge is 0.264 e. The van der Waals surface area contributed by atoms with Crippen LogP contribution < -0.4 is 13.9 Å². The van der Waals surface area contributed by atoms with Gasteiger partial charge in [-0.3, -0.25) is 9.10 Å². The molecule has 3 aromatic carbocycles. The van der Waals surface area contributed by atoms with Crippen LogP contribution in [-0.2, 0) is 21.2 Å². The van der Waals surface area contributed by atoms with Gasteiger partial charge in [-0.15, -0.1) is 0 Å². The SMILES string of the molecule is CCOc1ccc(N(CC(=O)N2CCc3ccccc32)S(=O)(=O)c2ccccc2)cc1. The number of carbonyl (C=O) groups is 1. The molecule has 0 aromatic heterocycles. The standard InChI is InChI=1S/C24H24N2O4S/c1-2-30-21-14-12-20(13-15-21)26(31(28,29)22-9-4-3-5-10-22)18-24(27)25-17-16-19-8-6-7-11-23(19)25/h3-15H,2,16-18H2,1H3. The Morgan fingerprint density at radius 2 is 1.65 bits per heavy atom. The monoisotopic (exact) mass is 436 g/mol. The van der Waals surface area contributed by atoms with Crippen LogP contribution in [0.3, 0.4) is 0 Å². The van der Waals surface area contributed by atoms with E-state index in [1.807, 2.05) is 31.2 Å². The molecule has 3 aromatic rings. The fourth-order valence-electron chi connectivity index (χ4n) is 3.72. The molecule has 0 fully saturated rings. The quantitative estimate of drug-likeness (QED) is 0.564. The molecule has 1 heterocycles. The predicted octanol–water partition coefficient (Wildman–Crippen LogP) is 3.87. The van der Waals surface area contributed by atoms with Gasteiger partial charge in [0.2, 0.25) is 5.91 Å². The third kappa shape index (κ3) is 4.27. The molecule has 4 rings (SSSR count). The summed E-state index contributed by atoms with van der Waals surface area (Å²) in [6, 6.07) is 22.6. The summed E-state index contributed by atoms with van der Waals surface area (Å²) in [7, 11) is -3.94. The van der Waals surface area contributed by atoms with Crippen LogP contribution >= 0.6 is 0 Å². The zero-order valence-electron chi connectivity index (χ0n) is 17.3. The van der Waals surface area contributed by atoms with Crippen molar-refractivity contribution in [3.8, 4) is 5.75 Å². The number of hydrogen-bond donors (Lipinski definition) is 0. The molecule has 0 atom stereocenters. The Morgan fingerprint density at radius 3 is 2.35 bits per heavy atom. The number of hydrogen-bond acceptors (Lipinski definition) is 4. The third-order valence-electron chi connectivity index (χ3n) is 5.23. The molecule has 0 radical (unpaired) electrons. The molecule has 6 nitrogen and oxygen atoms in total. The van der Waals surface area contributed by atoms with Gasteiger partial charge < -0.3 is 9.64 Å². The number of rotatable bonds is 7. The van der Waals surface area contributed by atoms with Crippen molar-refractivity contribution >= 4 is 27.3 Å². The van der Waals surface area contributed by atoms with Gasteiger partial charge in [0.1, 0.15) is 12.3 Å². The molecular formula is C24H24N2O4S. The second-order valence-corrected chi connectivity index (χ2v) is 9.04. The highest BCUT2D eigenvalue weighted by atomic mass is 32.2. The maximum Gasteiger partial charge on any atom is 0.264 e. The molecular weight excluding hydrogens is 412 g/mol. The Morgan fingerprint density at radius 1 is 0.968 bits per heavy atom. The van der Waals surface area contributed by atoms with E-state index < -0.39 is 10.0 Å². The zero-order chi connectivity index (χ0) is 21.8. The van der Waals surface area contributed by atoms with Crippen LogP contribution in [0.4, 0.5) is 11.4 Å². The molecule has 31 heavy (non-hydrogen) atoms. The van der Waals surface area contributed by atoms with Gasteiger partial charge in [-0.1, -0.05) is 36.4 Å². The van der Waals surface area contributed by atoms with Crippen molar-refractivity contribution in [1.29, 1.82) is 0 Å². The number of ether oxygens (including phenoxy) is 1. The topological polar surface area (TPSA) is 66.9 Å². The van der Waals surface area contributed by atoms with Gasteiger partial charge in [-0.2, -0.15) is 0 Å². The average Bonchev–Trinajstić information content (AvgIpc) is 3.23. The van der Waals surface area contributed by atoms with E-state index in [-0.39, 0.29) is 17.3 Å². The lowest BCUT2D eigenvalue weighted by Crippen LogP contribution is -2.42. The highest BCUT2D eigenvalue weighted by Gasteiger charge is 2.31. The number of sulfonamides is 1. The number of para-hydroxylation sites is 1. The van der Waals surface area contributed by atoms with E-state index in [9.17, 15) is 13.2 Å². The Bertz CT molecular complexity index is 1160. The Balaban J connectivity index is 1.68. The van der Waals surface area contributed by atoms with Crippen LogP contribution in [0.2, 0.25) is 0 Å². The maximum atomic E-state index is 13.5. The summed E-state index contributed by atoms with van der Waals surface area (Å²) >= 11 is 0. The van der Waals surface area contributed by atoms with E-state index in [1.165, 1.54) is 16.4 Å². The van der Waals surface area contributed by atoms with Gasteiger partial charge in [0.05, 0.1) is 17.2 Å². The van der Waals surface area contributed by atoms with Gasteiger partial charge in [0.15, 0.2) is 0 Å². The molecule has 1 amide bonds.